The zero-order valence-corrected chi connectivity index (χ0v) is 14.8. The van der Waals surface area contributed by atoms with Gasteiger partial charge in [-0.2, -0.15) is 0 Å². The van der Waals surface area contributed by atoms with E-state index in [-0.39, 0.29) is 21.4 Å². The lowest BCUT2D eigenvalue weighted by atomic mass is 10.1. The number of hydrogen-bond acceptors (Lipinski definition) is 4. The Morgan fingerprint density at radius 1 is 0.920 bits per heavy atom. The van der Waals surface area contributed by atoms with Gasteiger partial charge in [0.1, 0.15) is 4.21 Å². The van der Waals surface area contributed by atoms with Gasteiger partial charge in [-0.3, -0.25) is 9.52 Å². The van der Waals surface area contributed by atoms with Crippen molar-refractivity contribution in [2.75, 3.05) is 4.72 Å². The zero-order valence-electron chi connectivity index (χ0n) is 13.2. The lowest BCUT2D eigenvalue weighted by Crippen LogP contribution is -2.24. The first-order valence-corrected chi connectivity index (χ1v) is 9.90. The van der Waals surface area contributed by atoms with Crippen molar-refractivity contribution < 1.29 is 13.2 Å². The fourth-order valence-corrected chi connectivity index (χ4v) is 4.33. The second-order valence-electron chi connectivity index (χ2n) is 5.25. The maximum absolute atomic E-state index is 12.5. The van der Waals surface area contributed by atoms with E-state index in [1.165, 1.54) is 6.07 Å². The van der Waals surface area contributed by atoms with Gasteiger partial charge in [-0.25, -0.2) is 8.42 Å². The average molecular weight is 372 g/mol. The maximum atomic E-state index is 12.5. The number of para-hydroxylation sites is 1. The van der Waals surface area contributed by atoms with Gasteiger partial charge in [-0.05, 0) is 29.1 Å². The van der Waals surface area contributed by atoms with Crippen LogP contribution in [0.25, 0.3) is 0 Å². The Kier molecular flexibility index (Phi) is 5.16. The van der Waals surface area contributed by atoms with E-state index in [9.17, 15) is 13.2 Å². The first-order chi connectivity index (χ1) is 12.1. The third kappa shape index (κ3) is 4.26. The molecule has 0 saturated carbocycles. The standard InChI is InChI=1S/C18H16N2O3S2/c21-18(19-13-14-7-2-1-3-8-14)15-9-4-5-10-16(15)20-25(22,23)17-11-6-12-24-17/h1-12,20H,13H2,(H,19,21). The SMILES string of the molecule is O=C(NCc1ccccc1)c1ccccc1NS(=O)(=O)c1cccs1. The summed E-state index contributed by atoms with van der Waals surface area (Å²) >= 11 is 1.12. The molecule has 2 N–H and O–H groups in total. The number of anilines is 1. The first kappa shape index (κ1) is 17.2. The monoisotopic (exact) mass is 372 g/mol. The molecule has 2 aromatic carbocycles. The topological polar surface area (TPSA) is 75.3 Å². The molecule has 0 bridgehead atoms. The number of nitrogens with one attached hydrogen (secondary N) is 2. The molecule has 0 aliphatic carbocycles. The molecule has 0 spiro atoms. The Balaban J connectivity index is 1.78. The van der Waals surface area contributed by atoms with Crippen LogP contribution in [0, 0.1) is 0 Å². The van der Waals surface area contributed by atoms with Gasteiger partial charge in [0.25, 0.3) is 15.9 Å². The van der Waals surface area contributed by atoms with Gasteiger partial charge in [-0.15, -0.1) is 11.3 Å². The third-order valence-corrected chi connectivity index (χ3v) is 6.23. The minimum Gasteiger partial charge on any atom is -0.348 e. The highest BCUT2D eigenvalue weighted by Gasteiger charge is 2.19. The van der Waals surface area contributed by atoms with E-state index in [0.717, 1.165) is 16.9 Å². The highest BCUT2D eigenvalue weighted by molar-refractivity contribution is 7.94. The Bertz CT molecular complexity index is 953. The van der Waals surface area contributed by atoms with E-state index < -0.39 is 10.0 Å². The molecule has 1 aromatic heterocycles. The van der Waals surface area contributed by atoms with Crippen molar-refractivity contribution in [2.45, 2.75) is 10.8 Å². The smallest absolute Gasteiger partial charge is 0.271 e. The van der Waals surface area contributed by atoms with Crippen molar-refractivity contribution >= 4 is 33.0 Å². The fraction of sp³-hybridized carbons (Fsp3) is 0.0556. The number of thiophene rings is 1. The average Bonchev–Trinajstić information content (AvgIpc) is 3.16. The van der Waals surface area contributed by atoms with Crippen LogP contribution in [0.1, 0.15) is 15.9 Å². The van der Waals surface area contributed by atoms with E-state index in [0.29, 0.717) is 6.54 Å². The molecule has 5 nitrogen and oxygen atoms in total. The predicted octanol–water partition coefficient (Wildman–Crippen LogP) is 3.48. The number of carbonyl (C=O) groups excluding carboxylic acids is 1. The summed E-state index contributed by atoms with van der Waals surface area (Å²) in [5, 5.41) is 4.49. The minimum atomic E-state index is -3.70. The molecule has 0 saturated heterocycles. The number of amides is 1. The van der Waals surface area contributed by atoms with Crippen LogP contribution in [0.3, 0.4) is 0 Å². The van der Waals surface area contributed by atoms with Crippen LogP contribution < -0.4 is 10.0 Å². The van der Waals surface area contributed by atoms with Crippen LogP contribution in [-0.2, 0) is 16.6 Å². The van der Waals surface area contributed by atoms with Gasteiger partial charge in [0.05, 0.1) is 11.3 Å². The van der Waals surface area contributed by atoms with Crippen LogP contribution >= 0.6 is 11.3 Å². The molecular formula is C18H16N2O3S2. The summed E-state index contributed by atoms with van der Waals surface area (Å²) in [6.45, 7) is 0.367. The van der Waals surface area contributed by atoms with E-state index >= 15 is 0 Å². The molecule has 128 valence electrons. The molecule has 0 unspecified atom stereocenters. The van der Waals surface area contributed by atoms with Crippen molar-refractivity contribution in [1.29, 1.82) is 0 Å². The Labute approximate surface area is 150 Å². The summed E-state index contributed by atoms with van der Waals surface area (Å²) in [5.41, 5.74) is 1.49. The van der Waals surface area contributed by atoms with Crippen molar-refractivity contribution in [3.8, 4) is 0 Å². The number of carbonyl (C=O) groups is 1. The van der Waals surface area contributed by atoms with Crippen LogP contribution in [0.5, 0.6) is 0 Å². The summed E-state index contributed by atoms with van der Waals surface area (Å²) < 4.78 is 27.5. The quantitative estimate of drug-likeness (QED) is 0.696. The Hall–Kier alpha value is -2.64. The summed E-state index contributed by atoms with van der Waals surface area (Å²) in [7, 11) is -3.70. The van der Waals surface area contributed by atoms with E-state index in [4.69, 9.17) is 0 Å². The normalized spacial score (nSPS) is 11.0. The van der Waals surface area contributed by atoms with Gasteiger partial charge < -0.3 is 5.32 Å². The highest BCUT2D eigenvalue weighted by atomic mass is 32.2. The van der Waals surface area contributed by atoms with Gasteiger partial charge >= 0.3 is 0 Å². The van der Waals surface area contributed by atoms with Crippen molar-refractivity contribution in [3.05, 3.63) is 83.2 Å². The molecule has 1 amide bonds. The number of sulfonamides is 1. The summed E-state index contributed by atoms with van der Waals surface area (Å²) in [4.78, 5) is 12.5. The van der Waals surface area contributed by atoms with Gasteiger partial charge in [0, 0.05) is 6.54 Å². The van der Waals surface area contributed by atoms with E-state index in [2.05, 4.69) is 10.0 Å². The number of benzene rings is 2. The zero-order chi connectivity index (χ0) is 17.7. The molecule has 3 rings (SSSR count). The van der Waals surface area contributed by atoms with Gasteiger partial charge in [0.2, 0.25) is 0 Å². The molecule has 7 heteroatoms. The lowest BCUT2D eigenvalue weighted by Gasteiger charge is -2.12. The van der Waals surface area contributed by atoms with E-state index in [1.54, 1.807) is 35.7 Å². The largest absolute Gasteiger partial charge is 0.348 e. The number of hydrogen-bond donors (Lipinski definition) is 2. The molecule has 0 fully saturated rings. The van der Waals surface area contributed by atoms with Crippen molar-refractivity contribution in [2.24, 2.45) is 0 Å². The second-order valence-corrected chi connectivity index (χ2v) is 8.11. The molecule has 0 radical (unpaired) electrons. The van der Waals surface area contributed by atoms with Crippen LogP contribution in [0.2, 0.25) is 0 Å². The van der Waals surface area contributed by atoms with Crippen molar-refractivity contribution in [3.63, 3.8) is 0 Å². The Morgan fingerprint density at radius 2 is 1.64 bits per heavy atom. The fourth-order valence-electron chi connectivity index (χ4n) is 2.25. The lowest BCUT2D eigenvalue weighted by molar-refractivity contribution is 0.0952. The number of rotatable bonds is 6. The summed E-state index contributed by atoms with van der Waals surface area (Å²) in [6, 6.07) is 19.2. The molecule has 0 aliphatic heterocycles. The van der Waals surface area contributed by atoms with Gasteiger partial charge in [0.15, 0.2) is 0 Å². The molecule has 1 heterocycles. The molecule has 0 atom stereocenters. The predicted molar refractivity (Wildman–Crippen MR) is 99.2 cm³/mol. The molecule has 3 aromatic rings. The summed E-state index contributed by atoms with van der Waals surface area (Å²) in [6.07, 6.45) is 0. The summed E-state index contributed by atoms with van der Waals surface area (Å²) in [5.74, 6) is -0.340. The first-order valence-electron chi connectivity index (χ1n) is 7.54. The van der Waals surface area contributed by atoms with Crippen LogP contribution in [-0.4, -0.2) is 14.3 Å². The van der Waals surface area contributed by atoms with Crippen molar-refractivity contribution in [1.82, 2.24) is 5.32 Å². The van der Waals surface area contributed by atoms with E-state index in [1.807, 2.05) is 30.3 Å². The molecule has 25 heavy (non-hydrogen) atoms. The van der Waals surface area contributed by atoms with Gasteiger partial charge in [-0.1, -0.05) is 48.5 Å². The second kappa shape index (κ2) is 7.50. The highest BCUT2D eigenvalue weighted by Crippen LogP contribution is 2.22. The minimum absolute atomic E-state index is 0.201. The molecule has 0 aliphatic rings. The maximum Gasteiger partial charge on any atom is 0.271 e. The third-order valence-electron chi connectivity index (χ3n) is 3.47. The van der Waals surface area contributed by atoms with Crippen LogP contribution in [0.15, 0.2) is 76.3 Å². The Morgan fingerprint density at radius 3 is 2.36 bits per heavy atom. The van der Waals surface area contributed by atoms with Crippen LogP contribution in [0.4, 0.5) is 5.69 Å². The molecular weight excluding hydrogens is 356 g/mol.